The monoisotopic (exact) mass is 346 g/mol. The number of carbonyl (C=O) groups excluding carboxylic acids is 1. The minimum absolute atomic E-state index is 0.0238. The van der Waals surface area contributed by atoms with E-state index in [1.165, 1.54) is 12.1 Å². The third-order valence-corrected chi connectivity index (χ3v) is 3.32. The molecule has 0 radical (unpaired) electrons. The lowest BCUT2D eigenvalue weighted by atomic mass is 10.0. The fourth-order valence-corrected chi connectivity index (χ4v) is 2.09. The van der Waals surface area contributed by atoms with E-state index in [1.54, 1.807) is 0 Å². The lowest BCUT2D eigenvalue weighted by Gasteiger charge is -2.09. The van der Waals surface area contributed by atoms with Crippen molar-refractivity contribution in [3.63, 3.8) is 0 Å². The first-order chi connectivity index (χ1) is 9.29. The molecule has 0 fully saturated rings. The van der Waals surface area contributed by atoms with Gasteiger partial charge in [-0.3, -0.25) is 4.79 Å². The third-order valence-electron chi connectivity index (χ3n) is 2.63. The Kier molecular flexibility index (Phi) is 3.94. The third kappa shape index (κ3) is 3.07. The molecular weight excluding hydrogens is 340 g/mol. The first kappa shape index (κ1) is 14.7. The summed E-state index contributed by atoms with van der Waals surface area (Å²) in [6, 6.07) is 7.48. The second-order valence-electron chi connectivity index (χ2n) is 4.03. The fourth-order valence-electron chi connectivity index (χ4n) is 1.66. The molecular formula is C14H7BrF4O. The van der Waals surface area contributed by atoms with Gasteiger partial charge in [0.15, 0.2) is 5.78 Å². The smallest absolute Gasteiger partial charge is 0.289 e. The van der Waals surface area contributed by atoms with Crippen LogP contribution in [0.5, 0.6) is 0 Å². The Hall–Kier alpha value is -1.69. The maximum atomic E-state index is 13.1. The molecule has 0 amide bonds. The van der Waals surface area contributed by atoms with Crippen molar-refractivity contribution in [2.75, 3.05) is 0 Å². The zero-order chi connectivity index (χ0) is 14.9. The van der Waals surface area contributed by atoms with Gasteiger partial charge in [-0.15, -0.1) is 0 Å². The van der Waals surface area contributed by atoms with Gasteiger partial charge in [0.25, 0.3) is 0 Å². The van der Waals surface area contributed by atoms with E-state index in [0.717, 1.165) is 30.3 Å². The molecule has 6 heteroatoms. The van der Waals surface area contributed by atoms with Crippen LogP contribution in [0.25, 0.3) is 0 Å². The van der Waals surface area contributed by atoms with Gasteiger partial charge in [0.05, 0.1) is 5.56 Å². The number of benzene rings is 2. The molecule has 0 aliphatic rings. The fraction of sp³-hybridized carbons (Fsp3) is 0.0714. The minimum Gasteiger partial charge on any atom is -0.289 e. The Balaban J connectivity index is 2.46. The molecule has 0 N–H and O–H groups in total. The Morgan fingerprint density at radius 1 is 1.05 bits per heavy atom. The molecule has 0 aliphatic carbocycles. The van der Waals surface area contributed by atoms with Crippen LogP contribution in [0.15, 0.2) is 46.9 Å². The van der Waals surface area contributed by atoms with Crippen molar-refractivity contribution in [2.45, 2.75) is 6.18 Å². The highest BCUT2D eigenvalue weighted by Crippen LogP contribution is 2.30. The van der Waals surface area contributed by atoms with Gasteiger partial charge in [-0.1, -0.05) is 28.1 Å². The summed E-state index contributed by atoms with van der Waals surface area (Å²) in [5, 5.41) is 0. The van der Waals surface area contributed by atoms with E-state index in [4.69, 9.17) is 0 Å². The van der Waals surface area contributed by atoms with Gasteiger partial charge in [0.1, 0.15) is 5.82 Å². The number of rotatable bonds is 2. The second-order valence-corrected chi connectivity index (χ2v) is 4.89. The van der Waals surface area contributed by atoms with E-state index in [-0.39, 0.29) is 11.1 Å². The van der Waals surface area contributed by atoms with E-state index >= 15 is 0 Å². The van der Waals surface area contributed by atoms with Crippen molar-refractivity contribution in [3.05, 3.63) is 69.4 Å². The van der Waals surface area contributed by atoms with Crippen molar-refractivity contribution < 1.29 is 22.4 Å². The van der Waals surface area contributed by atoms with E-state index in [0.29, 0.717) is 4.47 Å². The average Bonchev–Trinajstić information content (AvgIpc) is 2.40. The number of hydrogen-bond acceptors (Lipinski definition) is 1. The summed E-state index contributed by atoms with van der Waals surface area (Å²) in [6.45, 7) is 0. The predicted octanol–water partition coefficient (Wildman–Crippen LogP) is 4.84. The Morgan fingerprint density at radius 3 is 2.40 bits per heavy atom. The van der Waals surface area contributed by atoms with Crippen molar-refractivity contribution in [2.24, 2.45) is 0 Å². The molecule has 0 saturated carbocycles. The first-order valence-corrected chi connectivity index (χ1v) is 6.25. The van der Waals surface area contributed by atoms with E-state index in [1.807, 2.05) is 0 Å². The molecule has 0 heterocycles. The number of halogens is 5. The zero-order valence-corrected chi connectivity index (χ0v) is 11.4. The summed E-state index contributed by atoms with van der Waals surface area (Å²) < 4.78 is 51.2. The van der Waals surface area contributed by atoms with Crippen molar-refractivity contribution in [3.8, 4) is 0 Å². The molecule has 2 aromatic carbocycles. The molecule has 0 aliphatic heterocycles. The zero-order valence-electron chi connectivity index (χ0n) is 9.84. The van der Waals surface area contributed by atoms with Crippen LogP contribution in [0.3, 0.4) is 0 Å². The summed E-state index contributed by atoms with van der Waals surface area (Å²) >= 11 is 3.08. The van der Waals surface area contributed by atoms with E-state index < -0.39 is 23.3 Å². The van der Waals surface area contributed by atoms with Gasteiger partial charge >= 0.3 is 6.18 Å². The Labute approximate surface area is 120 Å². The highest BCUT2D eigenvalue weighted by atomic mass is 79.9. The molecule has 104 valence electrons. The number of hydrogen-bond donors (Lipinski definition) is 0. The molecule has 0 saturated heterocycles. The largest absolute Gasteiger partial charge is 0.416 e. The number of carbonyl (C=O) groups is 1. The van der Waals surface area contributed by atoms with Gasteiger partial charge in [-0.05, 0) is 30.3 Å². The summed E-state index contributed by atoms with van der Waals surface area (Å²) in [4.78, 5) is 12.1. The second kappa shape index (κ2) is 5.36. The van der Waals surface area contributed by atoms with Crippen LogP contribution in [-0.4, -0.2) is 5.78 Å². The standard InChI is InChI=1S/C14H7BrF4O/c15-12-5-4-10(16)7-11(12)13(20)8-2-1-3-9(6-8)14(17,18)19/h1-7H. The molecule has 2 rings (SSSR count). The maximum Gasteiger partial charge on any atom is 0.416 e. The van der Waals surface area contributed by atoms with Gasteiger partial charge < -0.3 is 0 Å². The quantitative estimate of drug-likeness (QED) is 0.561. The lowest BCUT2D eigenvalue weighted by molar-refractivity contribution is -0.137. The molecule has 0 unspecified atom stereocenters. The predicted molar refractivity (Wildman–Crippen MR) is 69.0 cm³/mol. The minimum atomic E-state index is -4.53. The topological polar surface area (TPSA) is 17.1 Å². The van der Waals surface area contributed by atoms with Gasteiger partial charge in [-0.2, -0.15) is 13.2 Å². The molecule has 1 nitrogen and oxygen atoms in total. The number of ketones is 1. The van der Waals surface area contributed by atoms with Crippen molar-refractivity contribution in [1.82, 2.24) is 0 Å². The van der Waals surface area contributed by atoms with Crippen LogP contribution in [0.4, 0.5) is 17.6 Å². The van der Waals surface area contributed by atoms with Crippen molar-refractivity contribution in [1.29, 1.82) is 0 Å². The van der Waals surface area contributed by atoms with Crippen LogP contribution >= 0.6 is 15.9 Å². The first-order valence-electron chi connectivity index (χ1n) is 5.46. The highest BCUT2D eigenvalue weighted by Gasteiger charge is 2.31. The van der Waals surface area contributed by atoms with Crippen LogP contribution < -0.4 is 0 Å². The van der Waals surface area contributed by atoms with E-state index in [9.17, 15) is 22.4 Å². The lowest BCUT2D eigenvalue weighted by Crippen LogP contribution is -2.08. The molecule has 0 aromatic heterocycles. The maximum absolute atomic E-state index is 13.1. The average molecular weight is 347 g/mol. The SMILES string of the molecule is O=C(c1cccc(C(F)(F)F)c1)c1cc(F)ccc1Br. The molecule has 2 aromatic rings. The van der Waals surface area contributed by atoms with E-state index in [2.05, 4.69) is 15.9 Å². The summed E-state index contributed by atoms with van der Waals surface area (Å²) in [5.74, 6) is -1.31. The molecule has 0 atom stereocenters. The molecule has 20 heavy (non-hydrogen) atoms. The van der Waals surface area contributed by atoms with Crippen molar-refractivity contribution >= 4 is 21.7 Å². The van der Waals surface area contributed by atoms with Gasteiger partial charge in [-0.25, -0.2) is 4.39 Å². The Bertz CT molecular complexity index is 664. The van der Waals surface area contributed by atoms with Crippen LogP contribution in [0.2, 0.25) is 0 Å². The Morgan fingerprint density at radius 2 is 1.75 bits per heavy atom. The molecule has 0 spiro atoms. The van der Waals surface area contributed by atoms with Crippen LogP contribution in [0.1, 0.15) is 21.5 Å². The van der Waals surface area contributed by atoms with Crippen LogP contribution in [0, 0.1) is 5.82 Å². The normalized spacial score (nSPS) is 11.4. The summed E-state index contributed by atoms with van der Waals surface area (Å²) in [7, 11) is 0. The van der Waals surface area contributed by atoms with Gasteiger partial charge in [0, 0.05) is 15.6 Å². The summed E-state index contributed by atoms with van der Waals surface area (Å²) in [5.41, 5.74) is -1.09. The summed E-state index contributed by atoms with van der Waals surface area (Å²) in [6.07, 6.45) is -4.53. The van der Waals surface area contributed by atoms with Gasteiger partial charge in [0.2, 0.25) is 0 Å². The molecule has 0 bridgehead atoms. The number of alkyl halides is 3. The van der Waals surface area contributed by atoms with Crippen LogP contribution in [-0.2, 0) is 6.18 Å². The highest BCUT2D eigenvalue weighted by molar-refractivity contribution is 9.10.